The second-order valence-corrected chi connectivity index (χ2v) is 4.44. The lowest BCUT2D eigenvalue weighted by Crippen LogP contribution is -2.26. The summed E-state index contributed by atoms with van der Waals surface area (Å²) in [7, 11) is 0. The Morgan fingerprint density at radius 1 is 1.14 bits per heavy atom. The summed E-state index contributed by atoms with van der Waals surface area (Å²) < 4.78 is 6.84. The largest absolute Gasteiger partial charge is 0.494 e. The number of aromatic nitrogens is 1. The van der Waals surface area contributed by atoms with Crippen LogP contribution in [0.4, 0.5) is 0 Å². The lowest BCUT2D eigenvalue weighted by molar-refractivity contribution is 0.0694. The summed E-state index contributed by atoms with van der Waals surface area (Å²) in [5.74, 6) is -0.450. The predicted molar refractivity (Wildman–Crippen MR) is 79.9 cm³/mol. The Balaban J connectivity index is 2.51. The van der Waals surface area contributed by atoms with E-state index in [2.05, 4.69) is 0 Å². The number of ether oxygens (including phenoxy) is 1. The smallest absolute Gasteiger partial charge is 0.341 e. The number of hydrogen-bond acceptors (Lipinski definition) is 3. The average molecular weight is 287 g/mol. The molecule has 0 spiro atoms. The molecule has 0 aliphatic heterocycles. The van der Waals surface area contributed by atoms with E-state index in [1.807, 2.05) is 38.1 Å². The molecule has 0 aliphatic carbocycles. The van der Waals surface area contributed by atoms with Crippen molar-refractivity contribution in [2.75, 3.05) is 6.61 Å². The van der Waals surface area contributed by atoms with Crippen molar-refractivity contribution in [3.8, 4) is 17.0 Å². The lowest BCUT2D eigenvalue weighted by atomic mass is 10.1. The number of benzene rings is 1. The van der Waals surface area contributed by atoms with Crippen LogP contribution in [0.3, 0.4) is 0 Å². The highest BCUT2D eigenvalue weighted by molar-refractivity contribution is 5.87. The van der Waals surface area contributed by atoms with Crippen LogP contribution in [0.5, 0.6) is 5.75 Å². The van der Waals surface area contributed by atoms with E-state index in [0.717, 1.165) is 11.3 Å². The van der Waals surface area contributed by atoms with Gasteiger partial charge in [-0.3, -0.25) is 4.79 Å². The molecule has 21 heavy (non-hydrogen) atoms. The summed E-state index contributed by atoms with van der Waals surface area (Å²) in [5.41, 5.74) is 0.827. The van der Waals surface area contributed by atoms with Crippen LogP contribution in [0.2, 0.25) is 0 Å². The van der Waals surface area contributed by atoms with Crippen molar-refractivity contribution in [3.05, 3.63) is 52.3 Å². The van der Waals surface area contributed by atoms with Gasteiger partial charge in [-0.1, -0.05) is 0 Å². The molecule has 0 saturated heterocycles. The number of carboxylic acids is 1. The van der Waals surface area contributed by atoms with Gasteiger partial charge in [0.05, 0.1) is 12.3 Å². The Kier molecular flexibility index (Phi) is 4.42. The van der Waals surface area contributed by atoms with Gasteiger partial charge in [0.25, 0.3) is 5.56 Å². The van der Waals surface area contributed by atoms with Crippen LogP contribution in [0.15, 0.2) is 41.2 Å². The summed E-state index contributed by atoms with van der Waals surface area (Å²) in [6.45, 7) is 4.72. The zero-order valence-corrected chi connectivity index (χ0v) is 12.0. The molecule has 0 atom stereocenters. The van der Waals surface area contributed by atoms with Crippen molar-refractivity contribution in [1.82, 2.24) is 4.57 Å². The first-order valence-electron chi connectivity index (χ1n) is 6.78. The number of nitrogens with zero attached hydrogens (tertiary/aromatic N) is 1. The molecule has 1 heterocycles. The maximum atomic E-state index is 12.2. The lowest BCUT2D eigenvalue weighted by Gasteiger charge is -2.12. The van der Waals surface area contributed by atoms with Crippen LogP contribution in [-0.2, 0) is 6.54 Å². The fourth-order valence-corrected chi connectivity index (χ4v) is 2.20. The zero-order chi connectivity index (χ0) is 15.4. The minimum absolute atomic E-state index is 0.216. The number of rotatable bonds is 5. The highest BCUT2D eigenvalue weighted by Crippen LogP contribution is 2.22. The second kappa shape index (κ2) is 6.26. The molecule has 1 N–H and O–H groups in total. The Morgan fingerprint density at radius 2 is 1.81 bits per heavy atom. The molecule has 110 valence electrons. The Hall–Kier alpha value is -2.56. The van der Waals surface area contributed by atoms with Crippen molar-refractivity contribution in [1.29, 1.82) is 0 Å². The molecule has 0 fully saturated rings. The van der Waals surface area contributed by atoms with Gasteiger partial charge < -0.3 is 14.4 Å². The Bertz CT molecular complexity index is 701. The molecule has 0 radical (unpaired) electrons. The molecule has 2 aromatic rings. The maximum absolute atomic E-state index is 12.2. The third kappa shape index (κ3) is 2.97. The highest BCUT2D eigenvalue weighted by atomic mass is 16.5. The molecule has 0 bridgehead atoms. The van der Waals surface area contributed by atoms with Crippen LogP contribution in [0.1, 0.15) is 24.2 Å². The minimum atomic E-state index is -1.21. The van der Waals surface area contributed by atoms with Gasteiger partial charge in [-0.15, -0.1) is 0 Å². The summed E-state index contributed by atoms with van der Waals surface area (Å²) in [6, 6.07) is 10.4. The molecule has 0 unspecified atom stereocenters. The van der Waals surface area contributed by atoms with Gasteiger partial charge in [-0.05, 0) is 55.8 Å². The number of pyridine rings is 1. The van der Waals surface area contributed by atoms with E-state index in [-0.39, 0.29) is 5.56 Å². The monoisotopic (exact) mass is 287 g/mol. The normalized spacial score (nSPS) is 10.4. The quantitative estimate of drug-likeness (QED) is 0.918. The highest BCUT2D eigenvalue weighted by Gasteiger charge is 2.14. The third-order valence-corrected chi connectivity index (χ3v) is 3.18. The van der Waals surface area contributed by atoms with Crippen LogP contribution in [0, 0.1) is 0 Å². The first-order chi connectivity index (χ1) is 10.1. The van der Waals surface area contributed by atoms with E-state index >= 15 is 0 Å². The first kappa shape index (κ1) is 14.8. The summed E-state index contributed by atoms with van der Waals surface area (Å²) in [5, 5.41) is 9.01. The standard InChI is InChI=1S/C16H17NO4/c1-3-17-14(10-9-13(15(17)18)16(19)20)11-5-7-12(8-6-11)21-4-2/h5-10H,3-4H2,1-2H3,(H,19,20). The van der Waals surface area contributed by atoms with E-state index in [9.17, 15) is 9.59 Å². The Morgan fingerprint density at radius 3 is 2.33 bits per heavy atom. The predicted octanol–water partition coefficient (Wildman–Crippen LogP) is 2.63. The van der Waals surface area contributed by atoms with Gasteiger partial charge >= 0.3 is 5.97 Å². The molecule has 0 aliphatic rings. The molecular formula is C16H17NO4. The topological polar surface area (TPSA) is 68.5 Å². The number of hydrogen-bond donors (Lipinski definition) is 1. The van der Waals surface area contributed by atoms with Gasteiger partial charge in [0.15, 0.2) is 0 Å². The van der Waals surface area contributed by atoms with Crippen molar-refractivity contribution in [2.24, 2.45) is 0 Å². The minimum Gasteiger partial charge on any atom is -0.494 e. The van der Waals surface area contributed by atoms with Gasteiger partial charge in [0.2, 0.25) is 0 Å². The van der Waals surface area contributed by atoms with Gasteiger partial charge in [0.1, 0.15) is 11.3 Å². The maximum Gasteiger partial charge on any atom is 0.341 e. The molecule has 0 amide bonds. The van der Waals surface area contributed by atoms with E-state index < -0.39 is 11.5 Å². The third-order valence-electron chi connectivity index (χ3n) is 3.18. The van der Waals surface area contributed by atoms with Crippen LogP contribution in [0.25, 0.3) is 11.3 Å². The average Bonchev–Trinajstić information content (AvgIpc) is 2.47. The molecular weight excluding hydrogens is 270 g/mol. The Labute approximate surface area is 122 Å². The first-order valence-corrected chi connectivity index (χ1v) is 6.78. The van der Waals surface area contributed by atoms with Crippen LogP contribution in [-0.4, -0.2) is 22.2 Å². The second-order valence-electron chi connectivity index (χ2n) is 4.44. The van der Waals surface area contributed by atoms with Gasteiger partial charge in [0, 0.05) is 6.54 Å². The van der Waals surface area contributed by atoms with E-state index in [1.165, 1.54) is 10.6 Å². The molecule has 2 rings (SSSR count). The molecule has 5 nitrogen and oxygen atoms in total. The van der Waals surface area contributed by atoms with E-state index in [4.69, 9.17) is 9.84 Å². The fourth-order valence-electron chi connectivity index (χ4n) is 2.20. The number of carboxylic acid groups (broad SMARTS) is 1. The molecule has 1 aromatic heterocycles. The summed E-state index contributed by atoms with van der Waals surface area (Å²) in [4.78, 5) is 23.2. The van der Waals surface area contributed by atoms with E-state index in [1.54, 1.807) is 6.07 Å². The zero-order valence-electron chi connectivity index (χ0n) is 12.0. The molecule has 1 aromatic carbocycles. The van der Waals surface area contributed by atoms with Crippen molar-refractivity contribution >= 4 is 5.97 Å². The van der Waals surface area contributed by atoms with Gasteiger partial charge in [-0.25, -0.2) is 4.79 Å². The number of aromatic carboxylic acids is 1. The van der Waals surface area contributed by atoms with Crippen molar-refractivity contribution in [2.45, 2.75) is 20.4 Å². The SMILES string of the molecule is CCOc1ccc(-c2ccc(C(=O)O)c(=O)n2CC)cc1. The summed E-state index contributed by atoms with van der Waals surface area (Å²) >= 11 is 0. The van der Waals surface area contributed by atoms with Crippen LogP contribution < -0.4 is 10.3 Å². The number of carbonyl (C=O) groups is 1. The van der Waals surface area contributed by atoms with E-state index in [0.29, 0.717) is 18.8 Å². The summed E-state index contributed by atoms with van der Waals surface area (Å²) in [6.07, 6.45) is 0. The van der Waals surface area contributed by atoms with Gasteiger partial charge in [-0.2, -0.15) is 0 Å². The molecule has 5 heteroatoms. The van der Waals surface area contributed by atoms with Crippen molar-refractivity contribution < 1.29 is 14.6 Å². The van der Waals surface area contributed by atoms with Crippen LogP contribution >= 0.6 is 0 Å². The molecule has 0 saturated carbocycles. The van der Waals surface area contributed by atoms with Crippen molar-refractivity contribution in [3.63, 3.8) is 0 Å². The fraction of sp³-hybridized carbons (Fsp3) is 0.250.